The SMILES string of the molecule is COC(=O)CCN(C)C(=O)NC1(C(=O)O)CCC1. The van der Waals surface area contributed by atoms with Crippen molar-refractivity contribution in [2.24, 2.45) is 0 Å². The number of hydrogen-bond donors (Lipinski definition) is 2. The van der Waals surface area contributed by atoms with Crippen molar-refractivity contribution >= 4 is 18.0 Å². The highest BCUT2D eigenvalue weighted by Gasteiger charge is 2.46. The molecule has 1 aliphatic carbocycles. The third-order valence-electron chi connectivity index (χ3n) is 3.19. The first-order valence-electron chi connectivity index (χ1n) is 5.75. The van der Waals surface area contributed by atoms with Crippen molar-refractivity contribution in [3.63, 3.8) is 0 Å². The van der Waals surface area contributed by atoms with Gasteiger partial charge in [-0.05, 0) is 19.3 Å². The number of urea groups is 1. The maximum Gasteiger partial charge on any atom is 0.329 e. The van der Waals surface area contributed by atoms with E-state index in [1.54, 1.807) is 0 Å². The normalized spacial score (nSPS) is 16.3. The van der Waals surface area contributed by atoms with Crippen LogP contribution in [-0.4, -0.2) is 54.2 Å². The third kappa shape index (κ3) is 3.12. The summed E-state index contributed by atoms with van der Waals surface area (Å²) >= 11 is 0. The largest absolute Gasteiger partial charge is 0.480 e. The Balaban J connectivity index is 2.44. The molecule has 18 heavy (non-hydrogen) atoms. The Morgan fingerprint density at radius 1 is 1.39 bits per heavy atom. The fourth-order valence-corrected chi connectivity index (χ4v) is 1.69. The van der Waals surface area contributed by atoms with E-state index in [-0.39, 0.29) is 13.0 Å². The molecule has 0 aromatic heterocycles. The molecular formula is C11H18N2O5. The van der Waals surface area contributed by atoms with Crippen LogP contribution in [0.5, 0.6) is 0 Å². The van der Waals surface area contributed by atoms with E-state index in [1.165, 1.54) is 19.1 Å². The van der Waals surface area contributed by atoms with Gasteiger partial charge in [-0.2, -0.15) is 0 Å². The average Bonchev–Trinajstić information content (AvgIpc) is 2.29. The molecule has 1 saturated carbocycles. The number of aliphatic carboxylic acids is 1. The lowest BCUT2D eigenvalue weighted by molar-refractivity contribution is -0.148. The molecule has 0 aromatic rings. The highest BCUT2D eigenvalue weighted by Crippen LogP contribution is 2.32. The predicted molar refractivity (Wildman–Crippen MR) is 62.0 cm³/mol. The van der Waals surface area contributed by atoms with Crippen molar-refractivity contribution in [2.75, 3.05) is 20.7 Å². The van der Waals surface area contributed by atoms with Gasteiger partial charge in [-0.1, -0.05) is 0 Å². The topological polar surface area (TPSA) is 95.9 Å². The van der Waals surface area contributed by atoms with Gasteiger partial charge in [0.15, 0.2) is 0 Å². The summed E-state index contributed by atoms with van der Waals surface area (Å²) in [6.45, 7) is 0.189. The second kappa shape index (κ2) is 5.70. The Bertz CT molecular complexity index is 351. The van der Waals surface area contributed by atoms with Gasteiger partial charge in [-0.15, -0.1) is 0 Å². The molecule has 0 aliphatic heterocycles. The fourth-order valence-electron chi connectivity index (χ4n) is 1.69. The summed E-state index contributed by atoms with van der Waals surface area (Å²) in [7, 11) is 2.78. The summed E-state index contributed by atoms with van der Waals surface area (Å²) < 4.78 is 4.46. The second-order valence-electron chi connectivity index (χ2n) is 4.42. The van der Waals surface area contributed by atoms with Crippen molar-refractivity contribution in [1.82, 2.24) is 10.2 Å². The number of amides is 2. The zero-order chi connectivity index (χ0) is 13.8. The molecule has 7 nitrogen and oxygen atoms in total. The Morgan fingerprint density at radius 2 is 2.00 bits per heavy atom. The second-order valence-corrected chi connectivity index (χ2v) is 4.42. The number of nitrogens with one attached hydrogen (secondary N) is 1. The molecule has 0 aromatic carbocycles. The lowest BCUT2D eigenvalue weighted by Gasteiger charge is -2.39. The maximum atomic E-state index is 11.8. The van der Waals surface area contributed by atoms with Crippen molar-refractivity contribution in [3.05, 3.63) is 0 Å². The van der Waals surface area contributed by atoms with E-state index in [1.807, 2.05) is 0 Å². The Morgan fingerprint density at radius 3 is 2.39 bits per heavy atom. The first-order valence-corrected chi connectivity index (χ1v) is 5.75. The van der Waals surface area contributed by atoms with Gasteiger partial charge in [0, 0.05) is 13.6 Å². The van der Waals surface area contributed by atoms with Gasteiger partial charge < -0.3 is 20.1 Å². The van der Waals surface area contributed by atoms with Gasteiger partial charge in [0.1, 0.15) is 5.54 Å². The maximum absolute atomic E-state index is 11.8. The van der Waals surface area contributed by atoms with Crippen LogP contribution in [0.15, 0.2) is 0 Å². The molecule has 0 heterocycles. The molecule has 1 rings (SSSR count). The quantitative estimate of drug-likeness (QED) is 0.687. The van der Waals surface area contributed by atoms with E-state index in [4.69, 9.17) is 5.11 Å². The molecule has 0 bridgehead atoms. The number of hydrogen-bond acceptors (Lipinski definition) is 4. The van der Waals surface area contributed by atoms with Gasteiger partial charge >= 0.3 is 18.0 Å². The van der Waals surface area contributed by atoms with E-state index < -0.39 is 23.5 Å². The minimum absolute atomic E-state index is 0.0838. The number of nitrogens with zero attached hydrogens (tertiary/aromatic N) is 1. The lowest BCUT2D eigenvalue weighted by atomic mass is 9.77. The smallest absolute Gasteiger partial charge is 0.329 e. The zero-order valence-corrected chi connectivity index (χ0v) is 10.6. The van der Waals surface area contributed by atoms with E-state index in [0.717, 1.165) is 6.42 Å². The number of carboxylic acids is 1. The molecule has 1 aliphatic rings. The van der Waals surface area contributed by atoms with Crippen molar-refractivity contribution in [1.29, 1.82) is 0 Å². The molecule has 102 valence electrons. The monoisotopic (exact) mass is 258 g/mol. The minimum Gasteiger partial charge on any atom is -0.480 e. The van der Waals surface area contributed by atoms with Crippen molar-refractivity contribution in [3.8, 4) is 0 Å². The van der Waals surface area contributed by atoms with Crippen LogP contribution in [0.2, 0.25) is 0 Å². The zero-order valence-electron chi connectivity index (χ0n) is 10.6. The summed E-state index contributed by atoms with van der Waals surface area (Å²) in [6, 6.07) is -0.485. The van der Waals surface area contributed by atoms with Crippen LogP contribution < -0.4 is 5.32 Å². The van der Waals surface area contributed by atoms with Crippen LogP contribution in [0.25, 0.3) is 0 Å². The summed E-state index contributed by atoms with van der Waals surface area (Å²) in [4.78, 5) is 35.0. The molecule has 0 atom stereocenters. The van der Waals surface area contributed by atoms with Crippen LogP contribution in [0, 0.1) is 0 Å². The number of carboxylic acid groups (broad SMARTS) is 1. The first kappa shape index (κ1) is 14.3. The van der Waals surface area contributed by atoms with Gasteiger partial charge in [0.2, 0.25) is 0 Å². The number of rotatable bonds is 5. The molecular weight excluding hydrogens is 240 g/mol. The van der Waals surface area contributed by atoms with Crippen LogP contribution in [0.3, 0.4) is 0 Å². The van der Waals surface area contributed by atoms with E-state index in [2.05, 4.69) is 10.1 Å². The van der Waals surface area contributed by atoms with Gasteiger partial charge in [0.05, 0.1) is 13.5 Å². The molecule has 2 amide bonds. The Labute approximate surface area is 105 Å². The average molecular weight is 258 g/mol. The van der Waals surface area contributed by atoms with E-state index in [0.29, 0.717) is 12.8 Å². The molecule has 2 N–H and O–H groups in total. The standard InChI is InChI=1S/C11H18N2O5/c1-13(7-4-8(14)18-2)10(17)12-11(9(15)16)5-3-6-11/h3-7H2,1-2H3,(H,12,17)(H,15,16). The van der Waals surface area contributed by atoms with Gasteiger partial charge in [-0.3, -0.25) is 4.79 Å². The van der Waals surface area contributed by atoms with Crippen molar-refractivity contribution in [2.45, 2.75) is 31.2 Å². The molecule has 0 unspecified atom stereocenters. The number of ether oxygens (including phenoxy) is 1. The molecule has 0 radical (unpaired) electrons. The molecule has 1 fully saturated rings. The van der Waals surface area contributed by atoms with Gasteiger partial charge in [-0.25, -0.2) is 9.59 Å². The Hall–Kier alpha value is -1.79. The highest BCUT2D eigenvalue weighted by molar-refractivity contribution is 5.87. The highest BCUT2D eigenvalue weighted by atomic mass is 16.5. The van der Waals surface area contributed by atoms with E-state index >= 15 is 0 Å². The van der Waals surface area contributed by atoms with Crippen molar-refractivity contribution < 1.29 is 24.2 Å². The molecule has 0 spiro atoms. The minimum atomic E-state index is -1.13. The number of esters is 1. The Kier molecular flexibility index (Phi) is 4.52. The number of carbonyl (C=O) groups is 3. The first-order chi connectivity index (χ1) is 8.41. The van der Waals surface area contributed by atoms with Gasteiger partial charge in [0.25, 0.3) is 0 Å². The summed E-state index contributed by atoms with van der Waals surface area (Å²) in [5.41, 5.74) is -1.13. The fraction of sp³-hybridized carbons (Fsp3) is 0.727. The number of carbonyl (C=O) groups excluding carboxylic acids is 2. The van der Waals surface area contributed by atoms with Crippen LogP contribution in [-0.2, 0) is 14.3 Å². The van der Waals surface area contributed by atoms with E-state index in [9.17, 15) is 14.4 Å². The predicted octanol–water partition coefficient (Wildman–Crippen LogP) is 0.198. The molecule has 0 saturated heterocycles. The summed E-state index contributed by atoms with van der Waals surface area (Å²) in [5.74, 6) is -1.42. The number of methoxy groups -OCH3 is 1. The lowest BCUT2D eigenvalue weighted by Crippen LogP contribution is -2.61. The summed E-state index contributed by atoms with van der Waals surface area (Å²) in [6.07, 6.45) is 1.76. The van der Waals surface area contributed by atoms with Crippen LogP contribution in [0.4, 0.5) is 4.79 Å². The third-order valence-corrected chi connectivity index (χ3v) is 3.19. The van der Waals surface area contributed by atoms with Crippen LogP contribution >= 0.6 is 0 Å². The summed E-state index contributed by atoms with van der Waals surface area (Å²) in [5, 5.41) is 11.6. The van der Waals surface area contributed by atoms with Crippen LogP contribution in [0.1, 0.15) is 25.7 Å². The molecule has 7 heteroatoms.